The van der Waals surface area contributed by atoms with Gasteiger partial charge in [0.1, 0.15) is 5.82 Å². The minimum Gasteiger partial charge on any atom is -0.378 e. The molecular formula is C16H17N3. The van der Waals surface area contributed by atoms with Crippen LogP contribution < -0.4 is 5.32 Å². The topological polar surface area (TPSA) is 29.9 Å². The van der Waals surface area contributed by atoms with Crippen molar-refractivity contribution in [2.24, 2.45) is 0 Å². The molecule has 0 bridgehead atoms. The van der Waals surface area contributed by atoms with E-state index in [0.29, 0.717) is 0 Å². The number of benzene rings is 2. The summed E-state index contributed by atoms with van der Waals surface area (Å²) in [4.78, 5) is 4.70. The van der Waals surface area contributed by atoms with Gasteiger partial charge in [-0.25, -0.2) is 4.98 Å². The van der Waals surface area contributed by atoms with E-state index in [1.54, 1.807) is 0 Å². The van der Waals surface area contributed by atoms with Crippen molar-refractivity contribution in [3.63, 3.8) is 0 Å². The smallest absolute Gasteiger partial charge is 0.129 e. The van der Waals surface area contributed by atoms with E-state index >= 15 is 0 Å². The van der Waals surface area contributed by atoms with Gasteiger partial charge in [-0.1, -0.05) is 30.3 Å². The Labute approximate surface area is 112 Å². The van der Waals surface area contributed by atoms with Crippen molar-refractivity contribution in [2.45, 2.75) is 20.0 Å². The lowest BCUT2D eigenvalue weighted by molar-refractivity contribution is 0.729. The van der Waals surface area contributed by atoms with Crippen LogP contribution in [0.3, 0.4) is 0 Å². The van der Waals surface area contributed by atoms with Crippen molar-refractivity contribution in [3.8, 4) is 0 Å². The lowest BCUT2D eigenvalue weighted by Crippen LogP contribution is -2.07. The third kappa shape index (κ3) is 2.32. The summed E-state index contributed by atoms with van der Waals surface area (Å²) in [6.45, 7) is 3.83. The second-order valence-corrected chi connectivity index (χ2v) is 4.48. The summed E-state index contributed by atoms with van der Waals surface area (Å²) < 4.78 is 2.26. The molecule has 0 radical (unpaired) electrons. The van der Waals surface area contributed by atoms with Gasteiger partial charge in [0.25, 0.3) is 0 Å². The van der Waals surface area contributed by atoms with Crippen LogP contribution in [-0.2, 0) is 13.1 Å². The minimum atomic E-state index is 0.743. The highest BCUT2D eigenvalue weighted by Gasteiger charge is 2.08. The summed E-state index contributed by atoms with van der Waals surface area (Å²) in [5, 5.41) is 3.41. The maximum Gasteiger partial charge on any atom is 0.129 e. The van der Waals surface area contributed by atoms with Crippen LogP contribution in [0.1, 0.15) is 12.7 Å². The highest BCUT2D eigenvalue weighted by Crippen LogP contribution is 2.17. The number of aromatic nitrogens is 2. The second-order valence-electron chi connectivity index (χ2n) is 4.48. The van der Waals surface area contributed by atoms with Gasteiger partial charge in [-0.05, 0) is 31.2 Å². The van der Waals surface area contributed by atoms with Crippen molar-refractivity contribution in [1.29, 1.82) is 0 Å². The quantitative estimate of drug-likeness (QED) is 0.766. The first kappa shape index (κ1) is 11.8. The third-order valence-corrected chi connectivity index (χ3v) is 3.27. The van der Waals surface area contributed by atoms with Crippen LogP contribution in [0.4, 0.5) is 5.69 Å². The number of imidazole rings is 1. The lowest BCUT2D eigenvalue weighted by Gasteiger charge is -2.08. The third-order valence-electron chi connectivity index (χ3n) is 3.27. The van der Waals surface area contributed by atoms with E-state index < -0.39 is 0 Å². The van der Waals surface area contributed by atoms with Gasteiger partial charge in [0.15, 0.2) is 0 Å². The molecule has 0 saturated heterocycles. The van der Waals surface area contributed by atoms with Crippen LogP contribution in [0, 0.1) is 0 Å². The Hall–Kier alpha value is -2.29. The molecule has 0 spiro atoms. The Morgan fingerprint density at radius 3 is 2.53 bits per heavy atom. The molecule has 0 saturated carbocycles. The molecule has 3 aromatic rings. The summed E-state index contributed by atoms with van der Waals surface area (Å²) in [6, 6.07) is 18.5. The minimum absolute atomic E-state index is 0.743. The van der Waals surface area contributed by atoms with Crippen LogP contribution in [-0.4, -0.2) is 9.55 Å². The molecule has 0 aliphatic carbocycles. The maximum atomic E-state index is 4.70. The number of fused-ring (bicyclic) bond motifs is 1. The summed E-state index contributed by atoms with van der Waals surface area (Å²) in [6.07, 6.45) is 0. The number of para-hydroxylation sites is 3. The molecule has 0 aliphatic rings. The Morgan fingerprint density at radius 2 is 1.74 bits per heavy atom. The van der Waals surface area contributed by atoms with E-state index in [0.717, 1.165) is 30.1 Å². The van der Waals surface area contributed by atoms with E-state index in [-0.39, 0.29) is 0 Å². The number of nitrogens with zero attached hydrogens (tertiary/aromatic N) is 2. The van der Waals surface area contributed by atoms with Crippen LogP contribution in [0.2, 0.25) is 0 Å². The van der Waals surface area contributed by atoms with E-state index in [9.17, 15) is 0 Å². The Balaban J connectivity index is 1.88. The van der Waals surface area contributed by atoms with Gasteiger partial charge in [0, 0.05) is 12.2 Å². The molecule has 1 N–H and O–H groups in total. The van der Waals surface area contributed by atoms with Gasteiger partial charge in [0.2, 0.25) is 0 Å². The number of nitrogens with one attached hydrogen (secondary N) is 1. The maximum absolute atomic E-state index is 4.70. The van der Waals surface area contributed by atoms with Crippen LogP contribution in [0.15, 0.2) is 54.6 Å². The second kappa shape index (κ2) is 5.14. The first-order chi connectivity index (χ1) is 9.38. The molecule has 3 heteroatoms. The van der Waals surface area contributed by atoms with Gasteiger partial charge >= 0.3 is 0 Å². The van der Waals surface area contributed by atoms with Crippen LogP contribution in [0.5, 0.6) is 0 Å². The molecule has 96 valence electrons. The van der Waals surface area contributed by atoms with Crippen molar-refractivity contribution in [1.82, 2.24) is 9.55 Å². The van der Waals surface area contributed by atoms with Crippen molar-refractivity contribution in [2.75, 3.05) is 5.32 Å². The van der Waals surface area contributed by atoms with Crippen molar-refractivity contribution in [3.05, 3.63) is 60.4 Å². The van der Waals surface area contributed by atoms with Gasteiger partial charge in [-0.15, -0.1) is 0 Å². The molecule has 3 nitrogen and oxygen atoms in total. The zero-order valence-corrected chi connectivity index (χ0v) is 11.0. The number of aryl methyl sites for hydroxylation is 1. The fraction of sp³-hybridized carbons (Fsp3) is 0.188. The fourth-order valence-electron chi connectivity index (χ4n) is 2.35. The molecule has 0 fully saturated rings. The Bertz CT molecular complexity index is 671. The molecular weight excluding hydrogens is 234 g/mol. The van der Waals surface area contributed by atoms with E-state index in [4.69, 9.17) is 4.98 Å². The normalized spacial score (nSPS) is 10.8. The molecule has 1 heterocycles. The molecule has 1 aromatic heterocycles. The van der Waals surface area contributed by atoms with Crippen LogP contribution >= 0.6 is 0 Å². The summed E-state index contributed by atoms with van der Waals surface area (Å²) in [5.74, 6) is 1.08. The fourth-order valence-corrected chi connectivity index (χ4v) is 2.35. The van der Waals surface area contributed by atoms with Gasteiger partial charge < -0.3 is 9.88 Å². The molecule has 0 aliphatic heterocycles. The van der Waals surface area contributed by atoms with Crippen LogP contribution in [0.25, 0.3) is 11.0 Å². The lowest BCUT2D eigenvalue weighted by atomic mass is 10.3. The van der Waals surface area contributed by atoms with E-state index in [2.05, 4.69) is 47.1 Å². The average Bonchev–Trinajstić information content (AvgIpc) is 2.83. The monoisotopic (exact) mass is 251 g/mol. The molecule has 0 unspecified atom stereocenters. The Kier molecular flexibility index (Phi) is 3.19. The number of hydrogen-bond acceptors (Lipinski definition) is 2. The largest absolute Gasteiger partial charge is 0.378 e. The van der Waals surface area contributed by atoms with Gasteiger partial charge in [-0.2, -0.15) is 0 Å². The standard InChI is InChI=1S/C16H17N3/c1-2-19-15-11-7-6-10-14(15)18-16(19)12-17-13-8-4-3-5-9-13/h3-11,17H,2,12H2,1H3. The van der Waals surface area contributed by atoms with Gasteiger partial charge in [-0.3, -0.25) is 0 Å². The summed E-state index contributed by atoms with van der Waals surface area (Å²) in [7, 11) is 0. The SMILES string of the molecule is CCn1c(CNc2ccccc2)nc2ccccc21. The first-order valence-corrected chi connectivity index (χ1v) is 6.61. The molecule has 19 heavy (non-hydrogen) atoms. The van der Waals surface area contributed by atoms with E-state index in [1.807, 2.05) is 24.3 Å². The molecule has 0 amide bonds. The summed E-state index contributed by atoms with van der Waals surface area (Å²) >= 11 is 0. The Morgan fingerprint density at radius 1 is 1.00 bits per heavy atom. The first-order valence-electron chi connectivity index (χ1n) is 6.61. The average molecular weight is 251 g/mol. The zero-order valence-electron chi connectivity index (χ0n) is 11.0. The predicted molar refractivity (Wildman–Crippen MR) is 79.2 cm³/mol. The highest BCUT2D eigenvalue weighted by molar-refractivity contribution is 5.75. The molecule has 3 rings (SSSR count). The zero-order chi connectivity index (χ0) is 13.1. The number of rotatable bonds is 4. The van der Waals surface area contributed by atoms with Crippen molar-refractivity contribution >= 4 is 16.7 Å². The number of hydrogen-bond donors (Lipinski definition) is 1. The molecule has 0 atom stereocenters. The van der Waals surface area contributed by atoms with Gasteiger partial charge in [0.05, 0.1) is 17.6 Å². The van der Waals surface area contributed by atoms with Crippen molar-refractivity contribution < 1.29 is 0 Å². The molecule has 2 aromatic carbocycles. The van der Waals surface area contributed by atoms with E-state index in [1.165, 1.54) is 5.52 Å². The predicted octanol–water partition coefficient (Wildman–Crippen LogP) is 3.67. The summed E-state index contributed by atoms with van der Waals surface area (Å²) in [5.41, 5.74) is 3.39. The highest BCUT2D eigenvalue weighted by atomic mass is 15.1. The number of anilines is 1.